The van der Waals surface area contributed by atoms with Gasteiger partial charge in [0.15, 0.2) is 0 Å². The van der Waals surface area contributed by atoms with Crippen LogP contribution < -0.4 is 5.32 Å². The molecule has 2 aromatic heterocycles. The number of carbonyl (C=O) groups is 2. The summed E-state index contributed by atoms with van der Waals surface area (Å²) in [6, 6.07) is 11.4. The summed E-state index contributed by atoms with van der Waals surface area (Å²) in [4.78, 5) is 31.4. The van der Waals surface area contributed by atoms with Crippen LogP contribution in [0.2, 0.25) is 0 Å². The van der Waals surface area contributed by atoms with Crippen molar-refractivity contribution in [2.75, 3.05) is 18.9 Å². The van der Waals surface area contributed by atoms with Crippen LogP contribution >= 0.6 is 22.7 Å². The van der Waals surface area contributed by atoms with E-state index in [0.717, 1.165) is 15.4 Å². The first-order chi connectivity index (χ1) is 12.0. The number of thiazole rings is 1. The summed E-state index contributed by atoms with van der Waals surface area (Å²) in [5.74, 6) is -0.508. The number of rotatable bonds is 5. The summed E-state index contributed by atoms with van der Waals surface area (Å²) in [7, 11) is 1.60. The Morgan fingerprint density at radius 2 is 1.92 bits per heavy atom. The quantitative estimate of drug-likeness (QED) is 0.740. The molecule has 0 spiro atoms. The number of benzene rings is 1. The zero-order chi connectivity index (χ0) is 17.8. The normalized spacial score (nSPS) is 10.5. The van der Waals surface area contributed by atoms with Gasteiger partial charge in [0.2, 0.25) is 5.91 Å². The fraction of sp³-hybridized carbons (Fsp3) is 0.167. The minimum atomic E-state index is -0.266. The lowest BCUT2D eigenvalue weighted by Crippen LogP contribution is -2.35. The lowest BCUT2D eigenvalue weighted by molar-refractivity contribution is -0.116. The standard InChI is InChI=1S/C18H17N3O2S2/c1-12-5-7-13(8-6-12)19-16(22)10-21(2)18(23)14-11-25-17(20-14)15-4-3-9-24-15/h3-9,11H,10H2,1-2H3,(H,19,22). The predicted octanol–water partition coefficient (Wildman–Crippen LogP) is 3.89. The Bertz CT molecular complexity index is 870. The number of aromatic nitrogens is 1. The van der Waals surface area contributed by atoms with Gasteiger partial charge in [-0.25, -0.2) is 4.98 Å². The molecule has 2 amide bonds. The molecule has 128 valence electrons. The van der Waals surface area contributed by atoms with Gasteiger partial charge >= 0.3 is 0 Å². The fourth-order valence-corrected chi connectivity index (χ4v) is 3.81. The Hall–Kier alpha value is -2.51. The van der Waals surface area contributed by atoms with Gasteiger partial charge < -0.3 is 10.2 Å². The van der Waals surface area contributed by atoms with E-state index in [0.29, 0.717) is 11.4 Å². The number of nitrogens with zero attached hydrogens (tertiary/aromatic N) is 2. The molecule has 0 aliphatic heterocycles. The van der Waals surface area contributed by atoms with Gasteiger partial charge in [-0.3, -0.25) is 9.59 Å². The molecule has 0 saturated heterocycles. The van der Waals surface area contributed by atoms with Crippen molar-refractivity contribution in [3.05, 3.63) is 58.4 Å². The zero-order valence-corrected chi connectivity index (χ0v) is 15.5. The molecular weight excluding hydrogens is 354 g/mol. The Morgan fingerprint density at radius 3 is 2.60 bits per heavy atom. The monoisotopic (exact) mass is 371 g/mol. The molecule has 0 bridgehead atoms. The van der Waals surface area contributed by atoms with Crippen molar-refractivity contribution in [3.8, 4) is 9.88 Å². The van der Waals surface area contributed by atoms with Gasteiger partial charge in [0.05, 0.1) is 11.4 Å². The average Bonchev–Trinajstić information content (AvgIpc) is 3.27. The van der Waals surface area contributed by atoms with Crippen molar-refractivity contribution in [1.29, 1.82) is 0 Å². The van der Waals surface area contributed by atoms with Gasteiger partial charge in [-0.2, -0.15) is 0 Å². The van der Waals surface area contributed by atoms with Gasteiger partial charge in [-0.15, -0.1) is 22.7 Å². The van der Waals surface area contributed by atoms with E-state index in [2.05, 4.69) is 10.3 Å². The third-order valence-corrected chi connectivity index (χ3v) is 5.40. The second kappa shape index (κ2) is 7.58. The number of hydrogen-bond acceptors (Lipinski definition) is 5. The molecule has 0 saturated carbocycles. The number of hydrogen-bond donors (Lipinski definition) is 1. The van der Waals surface area contributed by atoms with Gasteiger partial charge in [-0.1, -0.05) is 23.8 Å². The van der Waals surface area contributed by atoms with Crippen molar-refractivity contribution in [3.63, 3.8) is 0 Å². The number of thiophene rings is 1. The van der Waals surface area contributed by atoms with Gasteiger partial charge in [-0.05, 0) is 30.5 Å². The predicted molar refractivity (Wildman–Crippen MR) is 102 cm³/mol. The highest BCUT2D eigenvalue weighted by molar-refractivity contribution is 7.20. The van der Waals surface area contributed by atoms with Crippen molar-refractivity contribution >= 4 is 40.2 Å². The van der Waals surface area contributed by atoms with Crippen LogP contribution in [0, 0.1) is 6.92 Å². The van der Waals surface area contributed by atoms with E-state index in [-0.39, 0.29) is 18.4 Å². The second-order valence-electron chi connectivity index (χ2n) is 5.59. The molecule has 2 heterocycles. The minimum absolute atomic E-state index is 0.0292. The fourth-order valence-electron chi connectivity index (χ4n) is 2.21. The summed E-state index contributed by atoms with van der Waals surface area (Å²) in [5, 5.41) is 7.30. The Morgan fingerprint density at radius 1 is 1.16 bits per heavy atom. The van der Waals surface area contributed by atoms with Crippen LogP contribution in [0.1, 0.15) is 16.1 Å². The molecule has 7 heteroatoms. The number of nitrogens with one attached hydrogen (secondary N) is 1. The maximum absolute atomic E-state index is 12.5. The SMILES string of the molecule is Cc1ccc(NC(=O)CN(C)C(=O)c2csc(-c3cccs3)n2)cc1. The molecule has 3 rings (SSSR count). The molecule has 1 N–H and O–H groups in total. The minimum Gasteiger partial charge on any atom is -0.331 e. The number of aryl methyl sites for hydroxylation is 1. The van der Waals surface area contributed by atoms with E-state index < -0.39 is 0 Å². The lowest BCUT2D eigenvalue weighted by Gasteiger charge is -2.15. The summed E-state index contributed by atoms with van der Waals surface area (Å²) in [6.07, 6.45) is 0. The molecule has 0 unspecified atom stereocenters. The highest BCUT2D eigenvalue weighted by Crippen LogP contribution is 2.28. The highest BCUT2D eigenvalue weighted by Gasteiger charge is 2.18. The van der Waals surface area contributed by atoms with Crippen LogP contribution in [0.15, 0.2) is 47.2 Å². The van der Waals surface area contributed by atoms with E-state index >= 15 is 0 Å². The van der Waals surface area contributed by atoms with Gasteiger partial charge in [0.1, 0.15) is 10.7 Å². The topological polar surface area (TPSA) is 62.3 Å². The summed E-state index contributed by atoms with van der Waals surface area (Å²) in [5.41, 5.74) is 2.19. The van der Waals surface area contributed by atoms with Crippen LogP contribution in [0.25, 0.3) is 9.88 Å². The number of amides is 2. The molecule has 25 heavy (non-hydrogen) atoms. The zero-order valence-electron chi connectivity index (χ0n) is 13.9. The van der Waals surface area contributed by atoms with Crippen LogP contribution in [0.5, 0.6) is 0 Å². The smallest absolute Gasteiger partial charge is 0.273 e. The summed E-state index contributed by atoms with van der Waals surface area (Å²) >= 11 is 3.01. The highest BCUT2D eigenvalue weighted by atomic mass is 32.1. The van der Waals surface area contributed by atoms with Crippen molar-refractivity contribution in [2.24, 2.45) is 0 Å². The van der Waals surface area contributed by atoms with Crippen LogP contribution in [0.4, 0.5) is 5.69 Å². The number of likely N-dealkylation sites (N-methyl/N-ethyl adjacent to an activating group) is 1. The average molecular weight is 371 g/mol. The Labute approximate surface area is 154 Å². The first-order valence-corrected chi connectivity index (χ1v) is 9.40. The molecule has 0 aliphatic carbocycles. The van der Waals surface area contributed by atoms with Crippen molar-refractivity contribution in [2.45, 2.75) is 6.92 Å². The van der Waals surface area contributed by atoms with Crippen LogP contribution in [-0.4, -0.2) is 35.3 Å². The van der Waals surface area contributed by atoms with Gasteiger partial charge in [0.25, 0.3) is 5.91 Å². The lowest BCUT2D eigenvalue weighted by atomic mass is 10.2. The van der Waals surface area contributed by atoms with Crippen molar-refractivity contribution in [1.82, 2.24) is 9.88 Å². The third kappa shape index (κ3) is 4.32. The van der Waals surface area contributed by atoms with E-state index in [1.54, 1.807) is 23.8 Å². The number of anilines is 1. The largest absolute Gasteiger partial charge is 0.331 e. The maximum atomic E-state index is 12.5. The van der Waals surface area contributed by atoms with E-state index in [9.17, 15) is 9.59 Å². The molecule has 0 aliphatic rings. The van der Waals surface area contributed by atoms with E-state index in [4.69, 9.17) is 0 Å². The molecule has 1 aromatic carbocycles. The molecular formula is C18H17N3O2S2. The summed E-state index contributed by atoms with van der Waals surface area (Å²) < 4.78 is 0. The number of carbonyl (C=O) groups excluding carboxylic acids is 2. The molecule has 0 fully saturated rings. The summed E-state index contributed by atoms with van der Waals surface area (Å²) in [6.45, 7) is 1.95. The third-order valence-electron chi connectivity index (χ3n) is 3.52. The van der Waals surface area contributed by atoms with Gasteiger partial charge in [0, 0.05) is 18.1 Å². The molecule has 5 nitrogen and oxygen atoms in total. The van der Waals surface area contributed by atoms with E-state index in [1.165, 1.54) is 16.2 Å². The molecule has 0 atom stereocenters. The Kier molecular flexibility index (Phi) is 5.25. The Balaban J connectivity index is 1.60. The van der Waals surface area contributed by atoms with Crippen LogP contribution in [-0.2, 0) is 4.79 Å². The first-order valence-electron chi connectivity index (χ1n) is 7.64. The van der Waals surface area contributed by atoms with Crippen molar-refractivity contribution < 1.29 is 9.59 Å². The first kappa shape index (κ1) is 17.3. The second-order valence-corrected chi connectivity index (χ2v) is 7.40. The molecule has 3 aromatic rings. The van der Waals surface area contributed by atoms with E-state index in [1.807, 2.05) is 48.7 Å². The molecule has 0 radical (unpaired) electrons. The maximum Gasteiger partial charge on any atom is 0.273 e. The van der Waals surface area contributed by atoms with Crippen LogP contribution in [0.3, 0.4) is 0 Å².